The molecule has 0 aliphatic heterocycles. The molecule has 0 aliphatic carbocycles. The van der Waals surface area contributed by atoms with Crippen molar-refractivity contribution >= 4 is 29.3 Å². The number of halogens is 1. The van der Waals surface area contributed by atoms with Gasteiger partial charge in [-0.15, -0.1) is 11.8 Å². The molecule has 0 fully saturated rings. The maximum atomic E-state index is 11.8. The van der Waals surface area contributed by atoms with E-state index in [1.807, 2.05) is 55.5 Å². The normalized spacial score (nSPS) is 10.3. The minimum Gasteiger partial charge on any atom is -0.351 e. The molecular formula is C16H16ClNOS. The van der Waals surface area contributed by atoms with Crippen LogP contribution in [-0.4, -0.2) is 11.7 Å². The Morgan fingerprint density at radius 2 is 1.85 bits per heavy atom. The van der Waals surface area contributed by atoms with Gasteiger partial charge in [0.05, 0.1) is 5.75 Å². The SMILES string of the molecule is Cc1ccc(SCC(=O)NCc2ccccc2Cl)cc1. The van der Waals surface area contributed by atoms with Crippen molar-refractivity contribution in [2.75, 3.05) is 5.75 Å². The Labute approximate surface area is 128 Å². The van der Waals surface area contributed by atoms with Crippen molar-refractivity contribution in [2.24, 2.45) is 0 Å². The van der Waals surface area contributed by atoms with Crippen LogP contribution in [0.4, 0.5) is 0 Å². The number of carbonyl (C=O) groups excluding carboxylic acids is 1. The van der Waals surface area contributed by atoms with Crippen molar-refractivity contribution in [1.29, 1.82) is 0 Å². The van der Waals surface area contributed by atoms with Gasteiger partial charge < -0.3 is 5.32 Å². The maximum absolute atomic E-state index is 11.8. The summed E-state index contributed by atoms with van der Waals surface area (Å²) in [6, 6.07) is 15.7. The Morgan fingerprint density at radius 1 is 1.15 bits per heavy atom. The molecule has 2 aromatic rings. The molecule has 0 saturated heterocycles. The van der Waals surface area contributed by atoms with Crippen LogP contribution in [0.3, 0.4) is 0 Å². The summed E-state index contributed by atoms with van der Waals surface area (Å²) in [5.74, 6) is 0.420. The van der Waals surface area contributed by atoms with Crippen LogP contribution < -0.4 is 5.32 Å². The molecule has 0 saturated carbocycles. The molecule has 2 rings (SSSR count). The lowest BCUT2D eigenvalue weighted by atomic mass is 10.2. The second-order valence-corrected chi connectivity index (χ2v) is 5.93. The Bertz CT molecular complexity index is 583. The second-order valence-electron chi connectivity index (χ2n) is 4.47. The van der Waals surface area contributed by atoms with Crippen LogP contribution in [-0.2, 0) is 11.3 Å². The van der Waals surface area contributed by atoms with E-state index >= 15 is 0 Å². The van der Waals surface area contributed by atoms with Crippen molar-refractivity contribution in [3.8, 4) is 0 Å². The average molecular weight is 306 g/mol. The summed E-state index contributed by atoms with van der Waals surface area (Å²) in [7, 11) is 0. The van der Waals surface area contributed by atoms with E-state index in [1.54, 1.807) is 0 Å². The standard InChI is InChI=1S/C16H16ClNOS/c1-12-6-8-14(9-7-12)20-11-16(19)18-10-13-4-2-3-5-15(13)17/h2-9H,10-11H2,1H3,(H,18,19). The number of benzene rings is 2. The topological polar surface area (TPSA) is 29.1 Å². The first-order valence-electron chi connectivity index (χ1n) is 6.35. The lowest BCUT2D eigenvalue weighted by Crippen LogP contribution is -2.24. The lowest BCUT2D eigenvalue weighted by Gasteiger charge is -2.07. The predicted octanol–water partition coefficient (Wildman–Crippen LogP) is 4.06. The molecule has 1 amide bonds. The van der Waals surface area contributed by atoms with E-state index in [-0.39, 0.29) is 5.91 Å². The monoisotopic (exact) mass is 305 g/mol. The van der Waals surface area contributed by atoms with Gasteiger partial charge in [-0.2, -0.15) is 0 Å². The molecule has 0 aromatic heterocycles. The number of amides is 1. The van der Waals surface area contributed by atoms with E-state index < -0.39 is 0 Å². The van der Waals surface area contributed by atoms with Crippen LogP contribution in [0.25, 0.3) is 0 Å². The summed E-state index contributed by atoms with van der Waals surface area (Å²) < 4.78 is 0. The van der Waals surface area contributed by atoms with Crippen LogP contribution in [0.5, 0.6) is 0 Å². The molecule has 0 radical (unpaired) electrons. The van der Waals surface area contributed by atoms with Crippen molar-refractivity contribution in [1.82, 2.24) is 5.32 Å². The number of nitrogens with one attached hydrogen (secondary N) is 1. The Balaban J connectivity index is 1.78. The molecular weight excluding hydrogens is 290 g/mol. The first kappa shape index (κ1) is 14.9. The number of aryl methyl sites for hydroxylation is 1. The van der Waals surface area contributed by atoms with Crippen molar-refractivity contribution < 1.29 is 4.79 Å². The first-order chi connectivity index (χ1) is 9.65. The number of carbonyl (C=O) groups is 1. The van der Waals surface area contributed by atoms with Gasteiger partial charge in [-0.3, -0.25) is 4.79 Å². The van der Waals surface area contributed by atoms with Gasteiger partial charge >= 0.3 is 0 Å². The summed E-state index contributed by atoms with van der Waals surface area (Å²) in [5.41, 5.74) is 2.15. The first-order valence-corrected chi connectivity index (χ1v) is 7.71. The number of thioether (sulfide) groups is 1. The van der Waals surface area contributed by atoms with Gasteiger partial charge in [-0.05, 0) is 30.7 Å². The molecule has 2 aromatic carbocycles. The highest BCUT2D eigenvalue weighted by Gasteiger charge is 2.04. The fourth-order valence-electron chi connectivity index (χ4n) is 1.67. The Morgan fingerprint density at radius 3 is 2.55 bits per heavy atom. The fraction of sp³-hybridized carbons (Fsp3) is 0.188. The molecule has 20 heavy (non-hydrogen) atoms. The van der Waals surface area contributed by atoms with E-state index in [4.69, 9.17) is 11.6 Å². The quantitative estimate of drug-likeness (QED) is 0.844. The van der Waals surface area contributed by atoms with E-state index in [0.717, 1.165) is 10.5 Å². The minimum absolute atomic E-state index is 0.00972. The van der Waals surface area contributed by atoms with Gasteiger partial charge in [0.2, 0.25) is 5.91 Å². The molecule has 0 heterocycles. The van der Waals surface area contributed by atoms with E-state index in [0.29, 0.717) is 17.3 Å². The van der Waals surface area contributed by atoms with E-state index in [1.165, 1.54) is 17.3 Å². The molecule has 2 nitrogen and oxygen atoms in total. The van der Waals surface area contributed by atoms with Gasteiger partial charge in [-0.1, -0.05) is 47.5 Å². The van der Waals surface area contributed by atoms with Gasteiger partial charge in [0.1, 0.15) is 0 Å². The molecule has 0 spiro atoms. The fourth-order valence-corrected chi connectivity index (χ4v) is 2.60. The smallest absolute Gasteiger partial charge is 0.230 e. The van der Waals surface area contributed by atoms with Crippen LogP contribution >= 0.6 is 23.4 Å². The highest BCUT2D eigenvalue weighted by molar-refractivity contribution is 8.00. The molecule has 4 heteroatoms. The molecule has 0 aliphatic rings. The predicted molar refractivity (Wildman–Crippen MR) is 85.2 cm³/mol. The summed E-state index contributed by atoms with van der Waals surface area (Å²) in [6.07, 6.45) is 0. The van der Waals surface area contributed by atoms with Gasteiger partial charge in [-0.25, -0.2) is 0 Å². The molecule has 0 bridgehead atoms. The van der Waals surface area contributed by atoms with E-state index in [2.05, 4.69) is 5.32 Å². The summed E-state index contributed by atoms with van der Waals surface area (Å²) in [6.45, 7) is 2.51. The zero-order valence-electron chi connectivity index (χ0n) is 11.2. The summed E-state index contributed by atoms with van der Waals surface area (Å²) in [4.78, 5) is 12.9. The number of rotatable bonds is 5. The molecule has 1 N–H and O–H groups in total. The van der Waals surface area contributed by atoms with Crippen molar-refractivity contribution in [2.45, 2.75) is 18.4 Å². The zero-order chi connectivity index (χ0) is 14.4. The van der Waals surface area contributed by atoms with Gasteiger partial charge in [0.15, 0.2) is 0 Å². The van der Waals surface area contributed by atoms with Crippen LogP contribution in [0.2, 0.25) is 5.02 Å². The zero-order valence-corrected chi connectivity index (χ0v) is 12.8. The third-order valence-electron chi connectivity index (χ3n) is 2.82. The van der Waals surface area contributed by atoms with Crippen LogP contribution in [0, 0.1) is 6.92 Å². The number of hydrogen-bond acceptors (Lipinski definition) is 2. The third kappa shape index (κ3) is 4.58. The van der Waals surface area contributed by atoms with Crippen LogP contribution in [0.15, 0.2) is 53.4 Å². The lowest BCUT2D eigenvalue weighted by molar-refractivity contribution is -0.118. The molecule has 0 unspecified atom stereocenters. The van der Waals surface area contributed by atoms with Crippen molar-refractivity contribution in [3.05, 3.63) is 64.7 Å². The Kier molecular flexibility index (Phi) is 5.50. The Hall–Kier alpha value is -1.45. The molecule has 0 atom stereocenters. The minimum atomic E-state index is 0.00972. The second kappa shape index (κ2) is 7.36. The highest BCUT2D eigenvalue weighted by Crippen LogP contribution is 2.18. The summed E-state index contributed by atoms with van der Waals surface area (Å²) in [5, 5.41) is 3.56. The van der Waals surface area contributed by atoms with Gasteiger partial charge in [0, 0.05) is 16.5 Å². The summed E-state index contributed by atoms with van der Waals surface area (Å²) >= 11 is 7.57. The largest absolute Gasteiger partial charge is 0.351 e. The molecule has 104 valence electrons. The number of hydrogen-bond donors (Lipinski definition) is 1. The maximum Gasteiger partial charge on any atom is 0.230 e. The highest BCUT2D eigenvalue weighted by atomic mass is 35.5. The van der Waals surface area contributed by atoms with Crippen LogP contribution in [0.1, 0.15) is 11.1 Å². The average Bonchev–Trinajstić information content (AvgIpc) is 2.46. The van der Waals surface area contributed by atoms with E-state index in [9.17, 15) is 4.79 Å². The third-order valence-corrected chi connectivity index (χ3v) is 4.21. The van der Waals surface area contributed by atoms with Crippen molar-refractivity contribution in [3.63, 3.8) is 0 Å². The van der Waals surface area contributed by atoms with Gasteiger partial charge in [0.25, 0.3) is 0 Å².